The first-order valence-electron chi connectivity index (χ1n) is 12.2. The van der Waals surface area contributed by atoms with Gasteiger partial charge in [-0.1, -0.05) is 37.3 Å². The number of carbonyl (C=O) groups is 1. The van der Waals surface area contributed by atoms with E-state index in [-0.39, 0.29) is 17.4 Å². The summed E-state index contributed by atoms with van der Waals surface area (Å²) >= 11 is 1.81. The van der Waals surface area contributed by atoms with Gasteiger partial charge >= 0.3 is 5.97 Å². The molecular formula is C27H32N6O2S. The standard InChI is InChI=1S/C27H32N6O2S/c1-17-10-19-7-3-4-9-25(19)36-32(14-17)15-18-6-5-8-20(11-18)33-26(23(13-30-33)27(34)35)22-12-21(22)24(28)16-31(2)29/h3-9,11,13,16-17,21-22H,10,12,14-15,28-29H2,1-2H3,(H,34,35)/b24-16-/t17-,21?,22+/m0/s1. The minimum atomic E-state index is -0.981. The summed E-state index contributed by atoms with van der Waals surface area (Å²) in [4.78, 5) is 13.3. The van der Waals surface area contributed by atoms with Crippen LogP contribution >= 0.6 is 11.9 Å². The van der Waals surface area contributed by atoms with Crippen LogP contribution in [0.3, 0.4) is 0 Å². The lowest BCUT2D eigenvalue weighted by Crippen LogP contribution is -2.21. The van der Waals surface area contributed by atoms with E-state index >= 15 is 0 Å². The van der Waals surface area contributed by atoms with E-state index in [4.69, 9.17) is 11.6 Å². The summed E-state index contributed by atoms with van der Waals surface area (Å²) in [5.41, 5.74) is 11.2. The first kappa shape index (κ1) is 24.4. The third-order valence-electron chi connectivity index (χ3n) is 6.76. The van der Waals surface area contributed by atoms with Crippen LogP contribution in [0.25, 0.3) is 5.69 Å². The van der Waals surface area contributed by atoms with Crippen molar-refractivity contribution in [1.29, 1.82) is 0 Å². The number of hydrogen-bond acceptors (Lipinski definition) is 7. The number of carboxylic acids is 1. The van der Waals surface area contributed by atoms with Gasteiger partial charge in [-0.15, -0.1) is 0 Å². The van der Waals surface area contributed by atoms with Gasteiger partial charge in [0.15, 0.2) is 0 Å². The van der Waals surface area contributed by atoms with Crippen molar-refractivity contribution in [2.75, 3.05) is 13.6 Å². The van der Waals surface area contributed by atoms with Gasteiger partial charge < -0.3 is 15.8 Å². The maximum absolute atomic E-state index is 12.0. The zero-order valence-corrected chi connectivity index (χ0v) is 21.4. The molecule has 0 spiro atoms. The van der Waals surface area contributed by atoms with E-state index in [1.54, 1.807) is 17.9 Å². The molecule has 0 bridgehead atoms. The number of rotatable bonds is 7. The number of benzene rings is 2. The van der Waals surface area contributed by atoms with Crippen molar-refractivity contribution >= 4 is 17.9 Å². The van der Waals surface area contributed by atoms with Crippen LogP contribution in [0.2, 0.25) is 0 Å². The predicted octanol–water partition coefficient (Wildman–Crippen LogP) is 3.98. The van der Waals surface area contributed by atoms with E-state index in [0.717, 1.165) is 37.2 Å². The molecule has 3 atom stereocenters. The topological polar surface area (TPSA) is 114 Å². The van der Waals surface area contributed by atoms with E-state index in [1.165, 1.54) is 21.7 Å². The quantitative estimate of drug-likeness (QED) is 0.252. The number of carboxylic acid groups (broad SMARTS) is 1. The van der Waals surface area contributed by atoms with Crippen molar-refractivity contribution in [1.82, 2.24) is 19.1 Å². The maximum Gasteiger partial charge on any atom is 0.339 e. The van der Waals surface area contributed by atoms with Crippen LogP contribution in [-0.2, 0) is 13.0 Å². The predicted molar refractivity (Wildman–Crippen MR) is 141 cm³/mol. The summed E-state index contributed by atoms with van der Waals surface area (Å²) in [6, 6.07) is 16.8. The monoisotopic (exact) mass is 504 g/mol. The van der Waals surface area contributed by atoms with Gasteiger partial charge in [-0.2, -0.15) is 5.10 Å². The Bertz CT molecular complexity index is 1300. The van der Waals surface area contributed by atoms with Gasteiger partial charge in [0.1, 0.15) is 5.56 Å². The molecule has 1 aromatic heterocycles. The number of allylic oxidation sites excluding steroid dienone is 1. The van der Waals surface area contributed by atoms with Crippen LogP contribution < -0.4 is 11.6 Å². The van der Waals surface area contributed by atoms with Crippen molar-refractivity contribution in [3.05, 3.63) is 89.0 Å². The number of hydrazine groups is 1. The lowest BCUT2D eigenvalue weighted by Gasteiger charge is -2.22. The van der Waals surface area contributed by atoms with Crippen molar-refractivity contribution in [2.45, 2.75) is 37.1 Å². The Morgan fingerprint density at radius 2 is 2.08 bits per heavy atom. The van der Waals surface area contributed by atoms with E-state index in [1.807, 2.05) is 24.1 Å². The minimum absolute atomic E-state index is 0.0167. The molecule has 5 N–H and O–H groups in total. The Kier molecular flexibility index (Phi) is 6.79. The number of hydrogen-bond donors (Lipinski definition) is 3. The molecule has 0 radical (unpaired) electrons. The van der Waals surface area contributed by atoms with Crippen LogP contribution in [0.4, 0.5) is 0 Å². The average Bonchev–Trinajstić information content (AvgIpc) is 3.52. The highest BCUT2D eigenvalue weighted by molar-refractivity contribution is 7.97. The Morgan fingerprint density at radius 1 is 1.28 bits per heavy atom. The smallest absolute Gasteiger partial charge is 0.339 e. The summed E-state index contributed by atoms with van der Waals surface area (Å²) in [6.45, 7) is 4.07. The fourth-order valence-electron chi connectivity index (χ4n) is 5.09. The highest BCUT2D eigenvalue weighted by Gasteiger charge is 2.45. The molecule has 188 valence electrons. The first-order chi connectivity index (χ1) is 17.3. The van der Waals surface area contributed by atoms with E-state index in [9.17, 15) is 9.90 Å². The Morgan fingerprint density at radius 3 is 2.86 bits per heavy atom. The molecular weight excluding hydrogens is 472 g/mol. The molecule has 1 aliphatic heterocycles. The van der Waals surface area contributed by atoms with Gasteiger partial charge in [0.25, 0.3) is 0 Å². The van der Waals surface area contributed by atoms with Gasteiger partial charge in [-0.25, -0.2) is 19.6 Å². The molecule has 0 amide bonds. The van der Waals surface area contributed by atoms with E-state index < -0.39 is 5.97 Å². The summed E-state index contributed by atoms with van der Waals surface area (Å²) in [7, 11) is 1.71. The molecule has 9 heteroatoms. The van der Waals surface area contributed by atoms with Gasteiger partial charge in [-0.3, -0.25) is 0 Å². The SMILES string of the molecule is C[C@H]1Cc2ccccc2SN(Cc2cccc(-n3ncc(C(=O)O)c3[C@@H]3CC3/C(N)=C/N(C)N)c2)C1. The van der Waals surface area contributed by atoms with E-state index in [0.29, 0.717) is 17.3 Å². The summed E-state index contributed by atoms with van der Waals surface area (Å²) < 4.78 is 4.18. The number of aromatic carboxylic acids is 1. The van der Waals surface area contributed by atoms with Crippen LogP contribution in [-0.4, -0.2) is 43.8 Å². The van der Waals surface area contributed by atoms with Crippen LogP contribution in [0.15, 0.2) is 71.5 Å². The number of nitrogens with two attached hydrogens (primary N) is 2. The number of nitrogens with zero attached hydrogens (tertiary/aromatic N) is 4. The Hall–Kier alpha value is -3.27. The molecule has 0 saturated heterocycles. The minimum Gasteiger partial charge on any atom is -0.478 e. The lowest BCUT2D eigenvalue weighted by molar-refractivity contribution is 0.0695. The van der Waals surface area contributed by atoms with Crippen molar-refractivity contribution in [3.8, 4) is 5.69 Å². The fraction of sp³-hybridized carbons (Fsp3) is 0.333. The van der Waals surface area contributed by atoms with Gasteiger partial charge in [0.05, 0.1) is 17.6 Å². The molecule has 1 unspecified atom stereocenters. The van der Waals surface area contributed by atoms with Crippen molar-refractivity contribution < 1.29 is 9.90 Å². The van der Waals surface area contributed by atoms with Crippen LogP contribution in [0.5, 0.6) is 0 Å². The third-order valence-corrected chi connectivity index (χ3v) is 7.89. The molecule has 2 aliphatic rings. The normalized spacial score (nSPS) is 22.1. The first-order valence-corrected chi connectivity index (χ1v) is 12.9. The van der Waals surface area contributed by atoms with Crippen molar-refractivity contribution in [2.24, 2.45) is 23.4 Å². The van der Waals surface area contributed by atoms with Crippen LogP contribution in [0.1, 0.15) is 46.4 Å². The molecule has 8 nitrogen and oxygen atoms in total. The summed E-state index contributed by atoms with van der Waals surface area (Å²) in [5, 5.41) is 15.7. The fourth-order valence-corrected chi connectivity index (χ4v) is 6.32. The largest absolute Gasteiger partial charge is 0.478 e. The highest BCUT2D eigenvalue weighted by atomic mass is 32.2. The molecule has 36 heavy (non-hydrogen) atoms. The number of fused-ring (bicyclic) bond motifs is 1. The Balaban J connectivity index is 1.42. The average molecular weight is 505 g/mol. The second-order valence-electron chi connectivity index (χ2n) is 9.90. The van der Waals surface area contributed by atoms with Gasteiger partial charge in [0.2, 0.25) is 0 Å². The van der Waals surface area contributed by atoms with Crippen LogP contribution in [0, 0.1) is 11.8 Å². The zero-order chi connectivity index (χ0) is 25.4. The van der Waals surface area contributed by atoms with Crippen molar-refractivity contribution in [3.63, 3.8) is 0 Å². The van der Waals surface area contributed by atoms with Gasteiger partial charge in [-0.05, 0) is 60.0 Å². The highest BCUT2D eigenvalue weighted by Crippen LogP contribution is 2.51. The molecule has 1 saturated carbocycles. The zero-order valence-electron chi connectivity index (χ0n) is 20.5. The molecule has 5 rings (SSSR count). The second kappa shape index (κ2) is 10.0. The molecule has 3 aromatic rings. The maximum atomic E-state index is 12.0. The molecule has 1 aliphatic carbocycles. The van der Waals surface area contributed by atoms with E-state index in [2.05, 4.69) is 52.7 Å². The Labute approximate surface area is 215 Å². The summed E-state index contributed by atoms with van der Waals surface area (Å²) in [6.07, 6.45) is 4.97. The van der Waals surface area contributed by atoms with Gasteiger partial charge in [0, 0.05) is 48.8 Å². The second-order valence-corrected chi connectivity index (χ2v) is 11.0. The lowest BCUT2D eigenvalue weighted by atomic mass is 10.0. The number of aromatic nitrogens is 2. The molecule has 2 aromatic carbocycles. The molecule has 2 heterocycles. The molecule has 1 fully saturated rings. The summed E-state index contributed by atoms with van der Waals surface area (Å²) in [5.74, 6) is 5.32. The third kappa shape index (κ3) is 5.13.